The Balaban J connectivity index is 2.62. The lowest BCUT2D eigenvalue weighted by Crippen LogP contribution is -2.11. The molecule has 112 valence electrons. The first-order valence-corrected chi connectivity index (χ1v) is 7.22. The molecule has 2 aromatic rings. The van der Waals surface area contributed by atoms with Gasteiger partial charge in [-0.25, -0.2) is 0 Å². The van der Waals surface area contributed by atoms with Crippen LogP contribution in [0, 0.1) is 18.3 Å². The molecule has 0 bridgehead atoms. The molecule has 22 heavy (non-hydrogen) atoms. The Kier molecular flexibility index (Phi) is 4.78. The lowest BCUT2D eigenvalue weighted by Gasteiger charge is -2.16. The molecule has 0 radical (unpaired) electrons. The summed E-state index contributed by atoms with van der Waals surface area (Å²) >= 11 is 3.45. The number of benzene rings is 1. The number of carbonyl (C=O) groups is 1. The van der Waals surface area contributed by atoms with Crippen molar-refractivity contribution < 1.29 is 14.1 Å². The number of nitrogens with zero attached hydrogens (tertiary/aromatic N) is 2. The molecule has 0 aliphatic heterocycles. The molecule has 1 aromatic heterocycles. The van der Waals surface area contributed by atoms with Crippen molar-refractivity contribution in [3.8, 4) is 17.3 Å². The van der Waals surface area contributed by atoms with Crippen LogP contribution in [0.3, 0.4) is 0 Å². The maximum atomic E-state index is 11.4. The van der Waals surface area contributed by atoms with Crippen LogP contribution >= 0.6 is 15.9 Å². The standard InChI is InChI=1S/C16H13BrN2O3/c1-9(8-18)16(21-11(3)20)14-10(2)22-19-15(14)12-6-4-5-7-13(12)17/h4-7,16H,1H2,2-3H3. The van der Waals surface area contributed by atoms with Crippen LogP contribution in [0.5, 0.6) is 0 Å². The average molecular weight is 361 g/mol. The van der Waals surface area contributed by atoms with Crippen molar-refractivity contribution >= 4 is 21.9 Å². The largest absolute Gasteiger partial charge is 0.452 e. The first-order chi connectivity index (χ1) is 10.5. The molecule has 1 unspecified atom stereocenters. The van der Waals surface area contributed by atoms with Gasteiger partial charge in [-0.3, -0.25) is 4.79 Å². The maximum absolute atomic E-state index is 11.4. The predicted molar refractivity (Wildman–Crippen MR) is 83.6 cm³/mol. The summed E-state index contributed by atoms with van der Waals surface area (Å²) in [5.74, 6) is -0.0477. The Bertz CT molecular complexity index is 774. The van der Waals surface area contributed by atoms with Gasteiger partial charge >= 0.3 is 5.97 Å². The number of rotatable bonds is 4. The summed E-state index contributed by atoms with van der Waals surface area (Å²) in [7, 11) is 0. The fraction of sp³-hybridized carbons (Fsp3) is 0.188. The summed E-state index contributed by atoms with van der Waals surface area (Å²) in [6, 6.07) is 9.37. The summed E-state index contributed by atoms with van der Waals surface area (Å²) in [5, 5.41) is 13.2. The van der Waals surface area contributed by atoms with Crippen LogP contribution in [0.1, 0.15) is 24.4 Å². The van der Waals surface area contributed by atoms with E-state index in [-0.39, 0.29) is 5.57 Å². The molecule has 0 aliphatic carbocycles. The number of aryl methyl sites for hydroxylation is 1. The monoisotopic (exact) mass is 360 g/mol. The van der Waals surface area contributed by atoms with Gasteiger partial charge in [0.15, 0.2) is 6.10 Å². The summed E-state index contributed by atoms with van der Waals surface area (Å²) < 4.78 is 11.3. The number of hydrogen-bond acceptors (Lipinski definition) is 5. The first kappa shape index (κ1) is 16.0. The zero-order chi connectivity index (χ0) is 16.3. The minimum atomic E-state index is -0.921. The topological polar surface area (TPSA) is 76.1 Å². The Hall–Kier alpha value is -2.39. The molecule has 1 aromatic carbocycles. The Morgan fingerprint density at radius 1 is 1.50 bits per heavy atom. The van der Waals surface area contributed by atoms with E-state index < -0.39 is 12.1 Å². The third-order valence-corrected chi connectivity index (χ3v) is 3.73. The van der Waals surface area contributed by atoms with E-state index in [0.29, 0.717) is 17.0 Å². The van der Waals surface area contributed by atoms with E-state index in [1.54, 1.807) is 6.92 Å². The van der Waals surface area contributed by atoms with E-state index in [4.69, 9.17) is 14.5 Å². The molecule has 0 saturated carbocycles. The van der Waals surface area contributed by atoms with Gasteiger partial charge in [0.1, 0.15) is 11.5 Å². The minimum Gasteiger partial charge on any atom is -0.452 e. The molecule has 0 aliphatic rings. The highest BCUT2D eigenvalue weighted by atomic mass is 79.9. The number of ether oxygens (including phenoxy) is 1. The molecular weight excluding hydrogens is 348 g/mol. The fourth-order valence-corrected chi connectivity index (χ4v) is 2.54. The first-order valence-electron chi connectivity index (χ1n) is 6.43. The number of aromatic nitrogens is 1. The van der Waals surface area contributed by atoms with Crippen LogP contribution in [0.15, 0.2) is 45.4 Å². The average Bonchev–Trinajstić information content (AvgIpc) is 2.86. The van der Waals surface area contributed by atoms with Crippen molar-refractivity contribution in [3.63, 3.8) is 0 Å². The number of hydrogen-bond donors (Lipinski definition) is 0. The van der Waals surface area contributed by atoms with E-state index in [2.05, 4.69) is 27.7 Å². The lowest BCUT2D eigenvalue weighted by molar-refractivity contribution is -0.144. The second kappa shape index (κ2) is 6.58. The van der Waals surface area contributed by atoms with Gasteiger partial charge in [0.25, 0.3) is 0 Å². The van der Waals surface area contributed by atoms with Gasteiger partial charge in [-0.05, 0) is 13.0 Å². The van der Waals surface area contributed by atoms with Gasteiger partial charge in [-0.1, -0.05) is 45.9 Å². The zero-order valence-corrected chi connectivity index (χ0v) is 13.7. The molecule has 5 nitrogen and oxygen atoms in total. The summed E-state index contributed by atoms with van der Waals surface area (Å²) in [6.07, 6.45) is -0.921. The maximum Gasteiger partial charge on any atom is 0.303 e. The van der Waals surface area contributed by atoms with Gasteiger partial charge in [0.2, 0.25) is 0 Å². The molecule has 1 heterocycles. The molecule has 6 heteroatoms. The smallest absolute Gasteiger partial charge is 0.303 e. The van der Waals surface area contributed by atoms with Crippen LogP contribution in [-0.4, -0.2) is 11.1 Å². The van der Waals surface area contributed by atoms with Gasteiger partial charge in [-0.15, -0.1) is 0 Å². The van der Waals surface area contributed by atoms with Crippen LogP contribution < -0.4 is 0 Å². The van der Waals surface area contributed by atoms with Crippen molar-refractivity contribution in [2.24, 2.45) is 0 Å². The van der Waals surface area contributed by atoms with Crippen LogP contribution in [0.25, 0.3) is 11.3 Å². The highest BCUT2D eigenvalue weighted by Crippen LogP contribution is 2.38. The number of nitriles is 1. The molecule has 0 amide bonds. The second-order valence-electron chi connectivity index (χ2n) is 4.61. The molecule has 0 fully saturated rings. The molecule has 0 saturated heterocycles. The van der Waals surface area contributed by atoms with Crippen molar-refractivity contribution in [2.45, 2.75) is 20.0 Å². The van der Waals surface area contributed by atoms with Crippen molar-refractivity contribution in [1.29, 1.82) is 5.26 Å². The normalized spacial score (nSPS) is 11.5. The number of halogens is 1. The molecular formula is C16H13BrN2O3. The highest BCUT2D eigenvalue weighted by Gasteiger charge is 2.29. The predicted octanol–water partition coefficient (Wildman–Crippen LogP) is 4.10. The summed E-state index contributed by atoms with van der Waals surface area (Å²) in [4.78, 5) is 11.4. The molecule has 2 rings (SSSR count). The van der Waals surface area contributed by atoms with Gasteiger partial charge in [0.05, 0.1) is 17.2 Å². The number of carbonyl (C=O) groups excluding carboxylic acids is 1. The SMILES string of the molecule is C=C(C#N)C(OC(C)=O)c1c(-c2ccccc2Br)noc1C. The third kappa shape index (κ3) is 3.10. The summed E-state index contributed by atoms with van der Waals surface area (Å²) in [6.45, 7) is 6.64. The molecule has 0 spiro atoms. The molecule has 1 atom stereocenters. The quantitative estimate of drug-likeness (QED) is 0.605. The Labute approximate surface area is 136 Å². The summed E-state index contributed by atoms with van der Waals surface area (Å²) in [5.41, 5.74) is 1.91. The Morgan fingerprint density at radius 2 is 2.18 bits per heavy atom. The second-order valence-corrected chi connectivity index (χ2v) is 5.46. The van der Waals surface area contributed by atoms with Crippen LogP contribution in [-0.2, 0) is 9.53 Å². The fourth-order valence-electron chi connectivity index (χ4n) is 2.06. The van der Waals surface area contributed by atoms with Gasteiger partial charge < -0.3 is 9.26 Å². The van der Waals surface area contributed by atoms with E-state index in [0.717, 1.165) is 10.0 Å². The molecule has 0 N–H and O–H groups in total. The van der Waals surface area contributed by atoms with E-state index in [1.165, 1.54) is 6.92 Å². The zero-order valence-electron chi connectivity index (χ0n) is 12.1. The van der Waals surface area contributed by atoms with Crippen molar-refractivity contribution in [1.82, 2.24) is 5.16 Å². The van der Waals surface area contributed by atoms with Crippen LogP contribution in [0.2, 0.25) is 0 Å². The van der Waals surface area contributed by atoms with E-state index in [9.17, 15) is 4.79 Å². The van der Waals surface area contributed by atoms with Crippen LogP contribution in [0.4, 0.5) is 0 Å². The van der Waals surface area contributed by atoms with Crippen molar-refractivity contribution in [3.05, 3.63) is 52.2 Å². The third-order valence-electron chi connectivity index (χ3n) is 3.04. The highest BCUT2D eigenvalue weighted by molar-refractivity contribution is 9.10. The van der Waals surface area contributed by atoms with Crippen molar-refractivity contribution in [2.75, 3.05) is 0 Å². The minimum absolute atomic E-state index is 0.106. The lowest BCUT2D eigenvalue weighted by atomic mass is 9.98. The van der Waals surface area contributed by atoms with E-state index >= 15 is 0 Å². The Morgan fingerprint density at radius 3 is 2.77 bits per heavy atom. The van der Waals surface area contributed by atoms with Gasteiger partial charge in [-0.2, -0.15) is 5.26 Å². The van der Waals surface area contributed by atoms with E-state index in [1.807, 2.05) is 30.3 Å². The van der Waals surface area contributed by atoms with Gasteiger partial charge in [0, 0.05) is 17.0 Å². The number of esters is 1.